The van der Waals surface area contributed by atoms with Crippen molar-refractivity contribution in [2.75, 3.05) is 12.8 Å². The van der Waals surface area contributed by atoms with Gasteiger partial charge in [-0.3, -0.25) is 0 Å². The van der Waals surface area contributed by atoms with Gasteiger partial charge in [0.25, 0.3) is 0 Å². The second-order valence-corrected chi connectivity index (χ2v) is 3.66. The Morgan fingerprint density at radius 2 is 2.13 bits per heavy atom. The zero-order valence-corrected chi connectivity index (χ0v) is 9.61. The summed E-state index contributed by atoms with van der Waals surface area (Å²) in [5.41, 5.74) is 7.25. The summed E-state index contributed by atoms with van der Waals surface area (Å²) in [5.74, 6) is 1.000. The zero-order valence-electron chi connectivity index (χ0n) is 8.03. The minimum absolute atomic E-state index is 0.270. The van der Waals surface area contributed by atoms with Gasteiger partial charge in [0.1, 0.15) is 5.75 Å². The molecule has 0 aliphatic carbocycles. The highest BCUT2D eigenvalue weighted by Gasteiger charge is 2.16. The van der Waals surface area contributed by atoms with Gasteiger partial charge in [0.15, 0.2) is 4.60 Å². The van der Waals surface area contributed by atoms with E-state index < -0.39 is 0 Å². The number of nitrogens with zero attached hydrogens (tertiary/aromatic N) is 1. The number of rotatable bonds is 2. The second-order valence-electron chi connectivity index (χ2n) is 2.91. The number of nitrogen functional groups attached to an aromatic ring is 1. The molecule has 5 heteroatoms. The maximum atomic E-state index is 5.68. The van der Waals surface area contributed by atoms with E-state index in [1.165, 1.54) is 0 Å². The van der Waals surface area contributed by atoms with Gasteiger partial charge in [0, 0.05) is 5.56 Å². The number of methoxy groups -OCH3 is 1. The number of aromatic nitrogens is 1. The van der Waals surface area contributed by atoms with E-state index in [-0.39, 0.29) is 5.88 Å². The zero-order chi connectivity index (χ0) is 10.8. The van der Waals surface area contributed by atoms with Crippen LogP contribution in [0.15, 0.2) is 33.4 Å². The largest absolute Gasteiger partial charge is 0.496 e. The normalized spacial score (nSPS) is 10.3. The summed E-state index contributed by atoms with van der Waals surface area (Å²) in [5, 5.41) is 3.73. The Kier molecular flexibility index (Phi) is 2.64. The predicted molar refractivity (Wildman–Crippen MR) is 60.6 cm³/mol. The van der Waals surface area contributed by atoms with Gasteiger partial charge < -0.3 is 15.0 Å². The molecule has 2 aromatic rings. The quantitative estimate of drug-likeness (QED) is 0.910. The third-order valence-electron chi connectivity index (χ3n) is 2.05. The van der Waals surface area contributed by atoms with Gasteiger partial charge in [-0.1, -0.05) is 23.4 Å². The minimum atomic E-state index is 0.270. The number of nitrogens with two attached hydrogens (primary N) is 1. The Bertz CT molecular complexity index is 463. The molecule has 0 unspecified atom stereocenters. The highest BCUT2D eigenvalue weighted by molar-refractivity contribution is 9.10. The van der Waals surface area contributed by atoms with E-state index in [4.69, 9.17) is 15.0 Å². The fraction of sp³-hybridized carbons (Fsp3) is 0.100. The lowest BCUT2D eigenvalue weighted by atomic mass is 10.1. The summed E-state index contributed by atoms with van der Waals surface area (Å²) in [7, 11) is 1.61. The van der Waals surface area contributed by atoms with E-state index in [9.17, 15) is 0 Å². The van der Waals surface area contributed by atoms with E-state index in [0.29, 0.717) is 10.2 Å². The van der Waals surface area contributed by atoms with Crippen molar-refractivity contribution in [1.82, 2.24) is 5.16 Å². The van der Waals surface area contributed by atoms with Crippen LogP contribution >= 0.6 is 15.9 Å². The molecular weight excluding hydrogens is 260 g/mol. The third kappa shape index (κ3) is 1.70. The predicted octanol–water partition coefficient (Wildman–Crippen LogP) is 2.69. The van der Waals surface area contributed by atoms with Gasteiger partial charge in [-0.15, -0.1) is 0 Å². The molecular formula is C10H9BrN2O2. The molecule has 4 nitrogen and oxygen atoms in total. The fourth-order valence-corrected chi connectivity index (χ4v) is 1.86. The third-order valence-corrected chi connectivity index (χ3v) is 2.59. The maximum absolute atomic E-state index is 5.68. The average molecular weight is 269 g/mol. The van der Waals surface area contributed by atoms with E-state index in [1.54, 1.807) is 7.11 Å². The summed E-state index contributed by atoms with van der Waals surface area (Å²) in [6.07, 6.45) is 0. The van der Waals surface area contributed by atoms with Gasteiger partial charge in [-0.05, 0) is 22.0 Å². The summed E-state index contributed by atoms with van der Waals surface area (Å²) in [6.45, 7) is 0. The summed E-state index contributed by atoms with van der Waals surface area (Å²) in [6, 6.07) is 7.54. The van der Waals surface area contributed by atoms with E-state index >= 15 is 0 Å². The Balaban J connectivity index is 2.63. The van der Waals surface area contributed by atoms with E-state index in [1.807, 2.05) is 24.3 Å². The van der Waals surface area contributed by atoms with Crippen LogP contribution in [-0.2, 0) is 0 Å². The first-order chi connectivity index (χ1) is 7.24. The van der Waals surface area contributed by atoms with Crippen LogP contribution in [0, 0.1) is 0 Å². The maximum Gasteiger partial charge on any atom is 0.231 e. The number of ether oxygens (including phenoxy) is 1. The van der Waals surface area contributed by atoms with E-state index in [0.717, 1.165) is 11.3 Å². The van der Waals surface area contributed by atoms with Gasteiger partial charge in [-0.2, -0.15) is 0 Å². The Labute approximate surface area is 95.1 Å². The lowest BCUT2D eigenvalue weighted by Crippen LogP contribution is -1.90. The molecule has 0 aliphatic heterocycles. The molecule has 1 aromatic carbocycles. The van der Waals surface area contributed by atoms with Gasteiger partial charge in [-0.25, -0.2) is 0 Å². The van der Waals surface area contributed by atoms with E-state index in [2.05, 4.69) is 21.1 Å². The van der Waals surface area contributed by atoms with Crippen molar-refractivity contribution in [2.24, 2.45) is 0 Å². The first-order valence-electron chi connectivity index (χ1n) is 4.28. The SMILES string of the molecule is COc1ccccc1-c1c(Br)noc1N. The lowest BCUT2D eigenvalue weighted by Gasteiger charge is -2.06. The van der Waals surface area contributed by atoms with Crippen LogP contribution in [0.4, 0.5) is 5.88 Å². The molecule has 0 atom stereocenters. The lowest BCUT2D eigenvalue weighted by molar-refractivity contribution is 0.416. The molecule has 1 aromatic heterocycles. The molecule has 0 aliphatic rings. The number of anilines is 1. The summed E-state index contributed by atoms with van der Waals surface area (Å²) >= 11 is 3.28. The van der Waals surface area contributed by atoms with Crippen molar-refractivity contribution in [3.63, 3.8) is 0 Å². The average Bonchev–Trinajstić information content (AvgIpc) is 2.59. The Morgan fingerprint density at radius 3 is 2.73 bits per heavy atom. The smallest absolute Gasteiger partial charge is 0.231 e. The van der Waals surface area contributed by atoms with Crippen LogP contribution in [0.1, 0.15) is 0 Å². The summed E-state index contributed by atoms with van der Waals surface area (Å²) < 4.78 is 10.7. The second kappa shape index (κ2) is 3.94. The van der Waals surface area contributed by atoms with Crippen molar-refractivity contribution in [2.45, 2.75) is 0 Å². The van der Waals surface area contributed by atoms with Crippen molar-refractivity contribution in [3.8, 4) is 16.9 Å². The number of hydrogen-bond acceptors (Lipinski definition) is 4. The molecule has 78 valence electrons. The molecule has 2 N–H and O–H groups in total. The van der Waals surface area contributed by atoms with Crippen molar-refractivity contribution in [3.05, 3.63) is 28.9 Å². The molecule has 0 saturated heterocycles. The van der Waals surface area contributed by atoms with Crippen LogP contribution in [0.3, 0.4) is 0 Å². The van der Waals surface area contributed by atoms with Crippen LogP contribution < -0.4 is 10.5 Å². The van der Waals surface area contributed by atoms with Crippen LogP contribution in [0.25, 0.3) is 11.1 Å². The van der Waals surface area contributed by atoms with Crippen molar-refractivity contribution >= 4 is 21.8 Å². The Hall–Kier alpha value is -1.49. The first-order valence-corrected chi connectivity index (χ1v) is 5.07. The highest BCUT2D eigenvalue weighted by Crippen LogP contribution is 2.38. The Morgan fingerprint density at radius 1 is 1.40 bits per heavy atom. The number of para-hydroxylation sites is 1. The van der Waals surface area contributed by atoms with Gasteiger partial charge >= 0.3 is 0 Å². The highest BCUT2D eigenvalue weighted by atomic mass is 79.9. The first kappa shape index (κ1) is 10.0. The standard InChI is InChI=1S/C10H9BrN2O2/c1-14-7-5-3-2-4-6(7)8-9(11)13-15-10(8)12/h2-5H,12H2,1H3. The van der Waals surface area contributed by atoms with Crippen LogP contribution in [0.2, 0.25) is 0 Å². The van der Waals surface area contributed by atoms with Crippen molar-refractivity contribution < 1.29 is 9.26 Å². The van der Waals surface area contributed by atoms with Gasteiger partial charge in [0.05, 0.1) is 12.7 Å². The monoisotopic (exact) mass is 268 g/mol. The molecule has 0 fully saturated rings. The number of benzene rings is 1. The van der Waals surface area contributed by atoms with Crippen LogP contribution in [-0.4, -0.2) is 12.3 Å². The molecule has 0 saturated carbocycles. The molecule has 15 heavy (non-hydrogen) atoms. The minimum Gasteiger partial charge on any atom is -0.496 e. The molecule has 2 rings (SSSR count). The number of hydrogen-bond donors (Lipinski definition) is 1. The molecule has 0 radical (unpaired) electrons. The van der Waals surface area contributed by atoms with Gasteiger partial charge in [0.2, 0.25) is 5.88 Å². The molecule has 0 bridgehead atoms. The van der Waals surface area contributed by atoms with Crippen LogP contribution in [0.5, 0.6) is 5.75 Å². The summed E-state index contributed by atoms with van der Waals surface area (Å²) in [4.78, 5) is 0. The topological polar surface area (TPSA) is 61.3 Å². The molecule has 1 heterocycles. The number of halogens is 1. The molecule has 0 spiro atoms. The fourth-order valence-electron chi connectivity index (χ4n) is 1.38. The van der Waals surface area contributed by atoms with Crippen molar-refractivity contribution in [1.29, 1.82) is 0 Å². The molecule has 0 amide bonds.